The maximum Gasteiger partial charge on any atom is 0.313 e. The first kappa shape index (κ1) is 14.8. The number of benzene rings is 1. The highest BCUT2D eigenvalue weighted by molar-refractivity contribution is 7.99. The van der Waals surface area contributed by atoms with Crippen LogP contribution in [0.2, 0.25) is 0 Å². The van der Waals surface area contributed by atoms with Crippen molar-refractivity contribution in [3.8, 4) is 0 Å². The third-order valence-electron chi connectivity index (χ3n) is 2.61. The summed E-state index contributed by atoms with van der Waals surface area (Å²) in [6.07, 6.45) is 0. The Bertz CT molecular complexity index is 655. The molecule has 20 heavy (non-hydrogen) atoms. The van der Waals surface area contributed by atoms with Crippen molar-refractivity contribution in [2.24, 2.45) is 5.92 Å². The average Bonchev–Trinajstić information content (AvgIpc) is 2.65. The van der Waals surface area contributed by atoms with Gasteiger partial charge in [0.15, 0.2) is 11.0 Å². The van der Waals surface area contributed by atoms with Crippen LogP contribution >= 0.6 is 11.8 Å². The third-order valence-corrected chi connectivity index (χ3v) is 3.57. The van der Waals surface area contributed by atoms with Crippen LogP contribution in [0, 0.1) is 17.6 Å². The molecule has 1 aromatic heterocycles. The van der Waals surface area contributed by atoms with E-state index in [1.807, 2.05) is 13.8 Å². The van der Waals surface area contributed by atoms with Crippen molar-refractivity contribution in [3.63, 3.8) is 0 Å². The predicted octanol–water partition coefficient (Wildman–Crippen LogP) is 3.15. The van der Waals surface area contributed by atoms with Crippen LogP contribution in [0.4, 0.5) is 8.78 Å². The van der Waals surface area contributed by atoms with Gasteiger partial charge in [0.25, 0.3) is 0 Å². The van der Waals surface area contributed by atoms with Crippen molar-refractivity contribution in [2.75, 3.05) is 5.75 Å². The van der Waals surface area contributed by atoms with Gasteiger partial charge in [-0.3, -0.25) is 4.79 Å². The molecule has 0 aliphatic heterocycles. The summed E-state index contributed by atoms with van der Waals surface area (Å²) < 4.78 is 28.8. The Morgan fingerprint density at radius 2 is 2.15 bits per heavy atom. The molecule has 4 nitrogen and oxygen atoms in total. The van der Waals surface area contributed by atoms with E-state index in [4.69, 9.17) is 5.11 Å². The molecule has 2 aromatic rings. The van der Waals surface area contributed by atoms with Gasteiger partial charge in [-0.25, -0.2) is 13.8 Å². The van der Waals surface area contributed by atoms with Crippen LogP contribution in [0.25, 0.3) is 11.0 Å². The fourth-order valence-corrected chi connectivity index (χ4v) is 2.64. The van der Waals surface area contributed by atoms with Gasteiger partial charge in [0, 0.05) is 18.7 Å². The fourth-order valence-electron chi connectivity index (χ4n) is 1.91. The van der Waals surface area contributed by atoms with E-state index in [2.05, 4.69) is 4.98 Å². The Hall–Kier alpha value is -1.63. The van der Waals surface area contributed by atoms with Gasteiger partial charge in [0.1, 0.15) is 11.3 Å². The van der Waals surface area contributed by atoms with Gasteiger partial charge < -0.3 is 9.67 Å². The molecule has 0 amide bonds. The van der Waals surface area contributed by atoms with E-state index in [1.165, 1.54) is 6.07 Å². The fraction of sp³-hybridized carbons (Fsp3) is 0.385. The SMILES string of the molecule is CC(C)Cn1c(SCC(=O)O)nc2c(F)cc(F)cc21. The van der Waals surface area contributed by atoms with Gasteiger partial charge in [-0.05, 0) is 5.92 Å². The molecule has 0 bridgehead atoms. The quantitative estimate of drug-likeness (QED) is 0.862. The Balaban J connectivity index is 2.54. The van der Waals surface area contributed by atoms with Gasteiger partial charge in [0.05, 0.1) is 11.3 Å². The molecule has 0 saturated heterocycles. The van der Waals surface area contributed by atoms with E-state index < -0.39 is 17.6 Å². The van der Waals surface area contributed by atoms with Gasteiger partial charge in [0.2, 0.25) is 0 Å². The molecule has 1 heterocycles. The number of carboxylic acids is 1. The minimum atomic E-state index is -0.982. The van der Waals surface area contributed by atoms with Crippen LogP contribution in [0.5, 0.6) is 0 Å². The number of carboxylic acid groups (broad SMARTS) is 1. The van der Waals surface area contributed by atoms with E-state index in [-0.39, 0.29) is 17.2 Å². The number of halogens is 2. The highest BCUT2D eigenvalue weighted by Crippen LogP contribution is 2.27. The molecule has 0 aliphatic rings. The third kappa shape index (κ3) is 3.09. The minimum absolute atomic E-state index is 0.0694. The molecule has 108 valence electrons. The molecule has 0 atom stereocenters. The van der Waals surface area contributed by atoms with Crippen molar-refractivity contribution < 1.29 is 18.7 Å². The van der Waals surface area contributed by atoms with Crippen LogP contribution in [-0.4, -0.2) is 26.4 Å². The van der Waals surface area contributed by atoms with Crippen molar-refractivity contribution >= 4 is 28.8 Å². The molecule has 7 heteroatoms. The molecule has 0 aliphatic carbocycles. The van der Waals surface area contributed by atoms with Crippen molar-refractivity contribution in [3.05, 3.63) is 23.8 Å². The number of carbonyl (C=O) groups is 1. The summed E-state index contributed by atoms with van der Waals surface area (Å²) in [6, 6.07) is 2.00. The summed E-state index contributed by atoms with van der Waals surface area (Å²) in [5.74, 6) is -2.33. The molecular formula is C13H14F2N2O2S. The molecule has 0 fully saturated rings. The molecular weight excluding hydrogens is 286 g/mol. The summed E-state index contributed by atoms with van der Waals surface area (Å²) in [5.41, 5.74) is 0.420. The van der Waals surface area contributed by atoms with E-state index in [9.17, 15) is 13.6 Å². The minimum Gasteiger partial charge on any atom is -0.481 e. The maximum atomic E-state index is 13.7. The van der Waals surface area contributed by atoms with Crippen LogP contribution in [0.1, 0.15) is 13.8 Å². The lowest BCUT2D eigenvalue weighted by molar-refractivity contribution is -0.133. The van der Waals surface area contributed by atoms with Crippen molar-refractivity contribution in [1.29, 1.82) is 0 Å². The molecule has 0 unspecified atom stereocenters. The summed E-state index contributed by atoms with van der Waals surface area (Å²) in [7, 11) is 0. The monoisotopic (exact) mass is 300 g/mol. The standard InChI is InChI=1S/C13H14F2N2O2S/c1-7(2)5-17-10-4-8(14)3-9(15)12(10)16-13(17)20-6-11(18)19/h3-4,7H,5-6H2,1-2H3,(H,18,19). The van der Waals surface area contributed by atoms with Crippen molar-refractivity contribution in [2.45, 2.75) is 25.5 Å². The number of aliphatic carboxylic acids is 1. The lowest BCUT2D eigenvalue weighted by atomic mass is 10.2. The number of nitrogens with zero attached hydrogens (tertiary/aromatic N) is 2. The predicted molar refractivity (Wildman–Crippen MR) is 72.8 cm³/mol. The Labute approximate surface area is 118 Å². The van der Waals surface area contributed by atoms with E-state index in [0.29, 0.717) is 17.2 Å². The number of fused-ring (bicyclic) bond motifs is 1. The summed E-state index contributed by atoms with van der Waals surface area (Å²) >= 11 is 1.00. The topological polar surface area (TPSA) is 55.1 Å². The van der Waals surface area contributed by atoms with Crippen LogP contribution in [-0.2, 0) is 11.3 Å². The zero-order chi connectivity index (χ0) is 14.9. The molecule has 0 spiro atoms. The number of thioether (sulfide) groups is 1. The second-order valence-corrected chi connectivity index (χ2v) is 5.78. The first-order chi connectivity index (χ1) is 9.38. The lowest BCUT2D eigenvalue weighted by Crippen LogP contribution is -2.07. The highest BCUT2D eigenvalue weighted by atomic mass is 32.2. The first-order valence-corrected chi connectivity index (χ1v) is 7.07. The van der Waals surface area contributed by atoms with Crippen LogP contribution < -0.4 is 0 Å². The smallest absolute Gasteiger partial charge is 0.313 e. The van der Waals surface area contributed by atoms with Gasteiger partial charge in [-0.15, -0.1) is 0 Å². The first-order valence-electron chi connectivity index (χ1n) is 6.08. The van der Waals surface area contributed by atoms with Crippen LogP contribution in [0.3, 0.4) is 0 Å². The second-order valence-electron chi connectivity index (χ2n) is 4.84. The zero-order valence-electron chi connectivity index (χ0n) is 11.1. The Kier molecular flexibility index (Phi) is 4.27. The highest BCUT2D eigenvalue weighted by Gasteiger charge is 2.17. The summed E-state index contributed by atoms with van der Waals surface area (Å²) in [6.45, 7) is 4.45. The molecule has 2 rings (SSSR count). The maximum absolute atomic E-state index is 13.7. The van der Waals surface area contributed by atoms with Gasteiger partial charge in [-0.1, -0.05) is 25.6 Å². The largest absolute Gasteiger partial charge is 0.481 e. The van der Waals surface area contributed by atoms with Crippen LogP contribution in [0.15, 0.2) is 17.3 Å². The number of imidazole rings is 1. The normalized spacial score (nSPS) is 11.4. The Morgan fingerprint density at radius 1 is 1.45 bits per heavy atom. The van der Waals surface area contributed by atoms with Crippen molar-refractivity contribution in [1.82, 2.24) is 9.55 Å². The number of hydrogen-bond acceptors (Lipinski definition) is 3. The lowest BCUT2D eigenvalue weighted by Gasteiger charge is -2.10. The summed E-state index contributed by atoms with van der Waals surface area (Å²) in [4.78, 5) is 14.7. The number of hydrogen-bond donors (Lipinski definition) is 1. The average molecular weight is 300 g/mol. The number of rotatable bonds is 5. The second kappa shape index (κ2) is 5.78. The van der Waals surface area contributed by atoms with Gasteiger partial charge in [-0.2, -0.15) is 0 Å². The van der Waals surface area contributed by atoms with E-state index in [1.54, 1.807) is 4.57 Å². The number of aromatic nitrogens is 2. The molecule has 1 aromatic carbocycles. The van der Waals surface area contributed by atoms with Gasteiger partial charge >= 0.3 is 5.97 Å². The van der Waals surface area contributed by atoms with E-state index in [0.717, 1.165) is 17.8 Å². The summed E-state index contributed by atoms with van der Waals surface area (Å²) in [5, 5.41) is 9.12. The molecule has 0 radical (unpaired) electrons. The molecule has 1 N–H and O–H groups in total. The molecule has 0 saturated carbocycles. The zero-order valence-corrected chi connectivity index (χ0v) is 11.9. The van der Waals surface area contributed by atoms with E-state index >= 15 is 0 Å². The Morgan fingerprint density at radius 3 is 2.75 bits per heavy atom.